The first kappa shape index (κ1) is 24.4. The minimum absolute atomic E-state index is 0. The third-order valence-corrected chi connectivity index (χ3v) is 6.08. The summed E-state index contributed by atoms with van der Waals surface area (Å²) >= 11 is 1.38. The van der Waals surface area contributed by atoms with E-state index in [4.69, 9.17) is 4.98 Å². The van der Waals surface area contributed by atoms with Crippen molar-refractivity contribution in [2.24, 2.45) is 0 Å². The topological polar surface area (TPSA) is 78.0 Å². The molecule has 0 saturated carbocycles. The van der Waals surface area contributed by atoms with Crippen LogP contribution in [0.15, 0.2) is 84.1 Å². The summed E-state index contributed by atoms with van der Waals surface area (Å²) in [5.74, 6) is 0.289. The normalized spacial score (nSPS) is 10.5. The van der Waals surface area contributed by atoms with E-state index in [2.05, 4.69) is 0 Å². The van der Waals surface area contributed by atoms with Crippen LogP contribution in [0.3, 0.4) is 0 Å². The van der Waals surface area contributed by atoms with Gasteiger partial charge in [0.25, 0.3) is 5.69 Å². The lowest BCUT2D eigenvalue weighted by molar-refractivity contribution is -0.384. The fourth-order valence-electron chi connectivity index (χ4n) is 3.32. The van der Waals surface area contributed by atoms with Gasteiger partial charge in [-0.25, -0.2) is 4.98 Å². The number of benzene rings is 3. The molecule has 0 aliphatic rings. The molecule has 1 aromatic heterocycles. The van der Waals surface area contributed by atoms with Crippen LogP contribution < -0.4 is 0 Å². The quantitative estimate of drug-likeness (QED) is 0.118. The van der Waals surface area contributed by atoms with Crippen molar-refractivity contribution < 1.29 is 9.72 Å². The van der Waals surface area contributed by atoms with Crippen molar-refractivity contribution >= 4 is 40.2 Å². The van der Waals surface area contributed by atoms with Crippen LogP contribution in [-0.2, 0) is 0 Å². The Kier molecular flexibility index (Phi) is 7.84. The smallest absolute Gasteiger partial charge is 0.269 e. The zero-order chi connectivity index (χ0) is 22.7. The first-order valence-corrected chi connectivity index (χ1v) is 11.0. The van der Waals surface area contributed by atoms with Crippen molar-refractivity contribution in [2.45, 2.75) is 19.0 Å². The van der Waals surface area contributed by atoms with Gasteiger partial charge in [0.1, 0.15) is 0 Å². The summed E-state index contributed by atoms with van der Waals surface area (Å²) in [6.07, 6.45) is 1.90. The molecule has 0 saturated heterocycles. The summed E-state index contributed by atoms with van der Waals surface area (Å²) in [6.45, 7) is 4.01. The molecule has 168 valence electrons. The number of hydrogen-bond donors (Lipinski definition) is 0. The third-order valence-electron chi connectivity index (χ3n) is 5.13. The molecule has 0 bridgehead atoms. The van der Waals surface area contributed by atoms with E-state index >= 15 is 0 Å². The fraction of sp³-hybridized carbons (Fsp3) is 0.120. The minimum atomic E-state index is -0.423. The van der Waals surface area contributed by atoms with E-state index in [9.17, 15) is 14.9 Å². The van der Waals surface area contributed by atoms with Gasteiger partial charge in [-0.15, -0.1) is 17.0 Å². The number of para-hydroxylation sites is 1. The number of non-ortho nitro benzene ring substituents is 1. The molecule has 1 heterocycles. The number of nitrogens with zero attached hydrogens (tertiary/aromatic N) is 3. The number of aryl methyl sites for hydroxylation is 2. The maximum Gasteiger partial charge on any atom is 0.269 e. The molecule has 33 heavy (non-hydrogen) atoms. The van der Waals surface area contributed by atoms with E-state index < -0.39 is 4.92 Å². The highest BCUT2D eigenvalue weighted by Crippen LogP contribution is 2.30. The molecule has 0 radical (unpaired) electrons. The highest BCUT2D eigenvalue weighted by molar-refractivity contribution is 8.93. The number of Topliss-reactive ketones (excluding diaryl/α,β-unsaturated/α-hetero) is 1. The Bertz CT molecular complexity index is 1290. The molecule has 0 aliphatic carbocycles. The second kappa shape index (κ2) is 10.6. The van der Waals surface area contributed by atoms with Crippen molar-refractivity contribution in [3.05, 3.63) is 106 Å². The molecule has 4 aromatic rings. The van der Waals surface area contributed by atoms with Crippen LogP contribution in [0.2, 0.25) is 0 Å². The number of nitro benzene ring substituents is 1. The number of imidazole rings is 1. The Balaban J connectivity index is 0.00000306. The highest BCUT2D eigenvalue weighted by Gasteiger charge is 2.16. The minimum Gasteiger partial charge on any atom is -0.294 e. The zero-order valence-corrected chi connectivity index (χ0v) is 20.6. The molecule has 8 heteroatoms. The Morgan fingerprint density at radius 1 is 1.00 bits per heavy atom. The Hall–Kier alpha value is -3.23. The maximum absolute atomic E-state index is 12.7. The molecule has 0 unspecified atom stereocenters. The van der Waals surface area contributed by atoms with Crippen LogP contribution in [-0.4, -0.2) is 26.0 Å². The molecular weight excluding hydrogens is 502 g/mol. The van der Waals surface area contributed by atoms with E-state index in [1.165, 1.54) is 23.9 Å². The van der Waals surface area contributed by atoms with Gasteiger partial charge in [-0.1, -0.05) is 59.8 Å². The van der Waals surface area contributed by atoms with Crippen molar-refractivity contribution in [3.63, 3.8) is 0 Å². The predicted molar refractivity (Wildman–Crippen MR) is 137 cm³/mol. The number of hydrogen-bond acceptors (Lipinski definition) is 5. The van der Waals surface area contributed by atoms with Gasteiger partial charge in [-0.2, -0.15) is 0 Å². The fourth-order valence-corrected chi connectivity index (χ4v) is 4.20. The standard InChI is InChI=1S/C25H21N3O3S.BrH/c1-17-7-9-20(10-8-17)24(29)16-32-25-26-22(19-11-13-21(14-12-19)28(30)31)15-27(25)23-6-4-3-5-18(23)2;/h3-15H,16H2,1-2H3;1H. The molecule has 0 atom stereocenters. The summed E-state index contributed by atoms with van der Waals surface area (Å²) in [5.41, 5.74) is 5.32. The Morgan fingerprint density at radius 2 is 1.67 bits per heavy atom. The van der Waals surface area contributed by atoms with Gasteiger partial charge in [-0.3, -0.25) is 19.5 Å². The van der Waals surface area contributed by atoms with Gasteiger partial charge in [-0.05, 0) is 37.6 Å². The van der Waals surface area contributed by atoms with Crippen molar-refractivity contribution in [3.8, 4) is 16.9 Å². The number of nitro groups is 1. The van der Waals surface area contributed by atoms with E-state index in [0.717, 1.165) is 22.4 Å². The zero-order valence-electron chi connectivity index (χ0n) is 18.1. The van der Waals surface area contributed by atoms with E-state index in [1.54, 1.807) is 12.1 Å². The molecule has 0 N–H and O–H groups in total. The van der Waals surface area contributed by atoms with Crippen LogP contribution in [0.4, 0.5) is 5.69 Å². The number of aromatic nitrogens is 2. The van der Waals surface area contributed by atoms with Crippen LogP contribution in [0.25, 0.3) is 16.9 Å². The van der Waals surface area contributed by atoms with Gasteiger partial charge in [0, 0.05) is 29.5 Å². The van der Waals surface area contributed by atoms with Crippen molar-refractivity contribution in [1.29, 1.82) is 0 Å². The first-order chi connectivity index (χ1) is 15.4. The van der Waals surface area contributed by atoms with E-state index in [-0.39, 0.29) is 34.2 Å². The lowest BCUT2D eigenvalue weighted by Crippen LogP contribution is -2.04. The lowest BCUT2D eigenvalue weighted by atomic mass is 10.1. The molecule has 3 aromatic carbocycles. The van der Waals surface area contributed by atoms with Crippen LogP contribution in [0.5, 0.6) is 0 Å². The van der Waals surface area contributed by atoms with E-state index in [1.807, 2.05) is 73.1 Å². The summed E-state index contributed by atoms with van der Waals surface area (Å²) in [6, 6.07) is 21.8. The summed E-state index contributed by atoms with van der Waals surface area (Å²) in [4.78, 5) is 28.0. The number of carbonyl (C=O) groups excluding carboxylic acids is 1. The number of carbonyl (C=O) groups is 1. The summed E-state index contributed by atoms with van der Waals surface area (Å²) < 4.78 is 1.97. The largest absolute Gasteiger partial charge is 0.294 e. The molecule has 0 fully saturated rings. The van der Waals surface area contributed by atoms with Gasteiger partial charge < -0.3 is 0 Å². The summed E-state index contributed by atoms with van der Waals surface area (Å²) in [7, 11) is 0. The number of halogens is 1. The van der Waals surface area contributed by atoms with Crippen LogP contribution in [0.1, 0.15) is 21.5 Å². The molecule has 4 rings (SSSR count). The molecular formula is C25H22BrN3O3S. The highest BCUT2D eigenvalue weighted by atomic mass is 79.9. The SMILES string of the molecule is Br.Cc1ccc(C(=O)CSc2nc(-c3ccc([N+](=O)[O-])cc3)cn2-c2ccccc2C)cc1. The average Bonchev–Trinajstić information content (AvgIpc) is 3.22. The Morgan fingerprint density at radius 3 is 2.30 bits per heavy atom. The number of thioether (sulfide) groups is 1. The van der Waals surface area contributed by atoms with E-state index in [0.29, 0.717) is 16.4 Å². The molecule has 0 amide bonds. The Labute approximate surface area is 206 Å². The van der Waals surface area contributed by atoms with Crippen LogP contribution in [0, 0.1) is 24.0 Å². The van der Waals surface area contributed by atoms with Crippen molar-refractivity contribution in [2.75, 3.05) is 5.75 Å². The van der Waals surface area contributed by atoms with Crippen molar-refractivity contribution in [1.82, 2.24) is 9.55 Å². The average molecular weight is 524 g/mol. The number of ketones is 1. The molecule has 0 spiro atoms. The summed E-state index contributed by atoms with van der Waals surface area (Å²) in [5, 5.41) is 11.7. The second-order valence-corrected chi connectivity index (χ2v) is 8.39. The lowest BCUT2D eigenvalue weighted by Gasteiger charge is -2.10. The monoisotopic (exact) mass is 523 g/mol. The second-order valence-electron chi connectivity index (χ2n) is 7.45. The van der Waals surface area contributed by atoms with Crippen LogP contribution >= 0.6 is 28.7 Å². The first-order valence-electron chi connectivity index (χ1n) is 10.1. The molecule has 6 nitrogen and oxygen atoms in total. The molecule has 0 aliphatic heterocycles. The maximum atomic E-state index is 12.7. The predicted octanol–water partition coefficient (Wildman–Crippen LogP) is 6.62. The van der Waals surface area contributed by atoms with Gasteiger partial charge in [0.2, 0.25) is 0 Å². The van der Waals surface area contributed by atoms with Gasteiger partial charge >= 0.3 is 0 Å². The third kappa shape index (κ3) is 5.58. The van der Waals surface area contributed by atoms with Gasteiger partial charge in [0.05, 0.1) is 22.1 Å². The van der Waals surface area contributed by atoms with Gasteiger partial charge in [0.15, 0.2) is 10.9 Å². The number of rotatable bonds is 7.